The second-order valence-corrected chi connectivity index (χ2v) is 21.6. The van der Waals surface area contributed by atoms with Crippen molar-refractivity contribution in [3.05, 3.63) is 0 Å². The predicted octanol–water partition coefficient (Wildman–Crippen LogP) is 11.3. The van der Waals surface area contributed by atoms with Gasteiger partial charge in [0.1, 0.15) is 0 Å². The van der Waals surface area contributed by atoms with E-state index in [2.05, 4.69) is 4.90 Å². The first-order chi connectivity index (χ1) is 25.8. The Kier molecular flexibility index (Phi) is 10.1. The summed E-state index contributed by atoms with van der Waals surface area (Å²) in [5.74, 6) is 8.91. The average molecular weight is 716 g/mol. The van der Waals surface area contributed by atoms with Gasteiger partial charge in [-0.25, -0.2) is 0 Å². The first-order valence-electron chi connectivity index (χ1n) is 24.5. The SMILES string of the molecule is C1CCC(C2CCC(N(C3CCC(C4CCC5C(C4)OC4CCCCC45)CC3)C3CCCC4C5CCC6OC7CCCCC7C6C5OC43)CC2)CC1. The molecule has 0 radical (unpaired) electrons. The van der Waals surface area contributed by atoms with E-state index in [-0.39, 0.29) is 0 Å². The van der Waals surface area contributed by atoms with Crippen molar-refractivity contribution in [1.82, 2.24) is 4.90 Å². The molecule has 14 atom stereocenters. The summed E-state index contributed by atoms with van der Waals surface area (Å²) in [5, 5.41) is 0. The highest BCUT2D eigenvalue weighted by molar-refractivity contribution is 5.10. The van der Waals surface area contributed by atoms with Gasteiger partial charge in [-0.05, 0) is 175 Å². The maximum Gasteiger partial charge on any atom is 0.0766 e. The molecule has 3 aliphatic heterocycles. The molecule has 0 N–H and O–H groups in total. The van der Waals surface area contributed by atoms with Gasteiger partial charge in [0, 0.05) is 24.0 Å². The zero-order valence-electron chi connectivity index (χ0n) is 33.1. The number of rotatable bonds is 5. The fourth-order valence-corrected chi connectivity index (χ4v) is 17.3. The summed E-state index contributed by atoms with van der Waals surface area (Å²) >= 11 is 0. The zero-order valence-corrected chi connectivity index (χ0v) is 33.1. The van der Waals surface area contributed by atoms with Gasteiger partial charge in [0.2, 0.25) is 0 Å². The summed E-state index contributed by atoms with van der Waals surface area (Å²) in [6, 6.07) is 2.29. The minimum absolute atomic E-state index is 0.497. The second kappa shape index (κ2) is 15.0. The highest BCUT2D eigenvalue weighted by atomic mass is 16.5. The van der Waals surface area contributed by atoms with E-state index in [1.807, 2.05) is 0 Å². The fourth-order valence-electron chi connectivity index (χ4n) is 17.3. The molecule has 292 valence electrons. The van der Waals surface area contributed by atoms with Crippen molar-refractivity contribution in [1.29, 1.82) is 0 Å². The van der Waals surface area contributed by atoms with E-state index in [1.54, 1.807) is 0 Å². The van der Waals surface area contributed by atoms with Crippen LogP contribution < -0.4 is 0 Å². The Hall–Kier alpha value is -0.160. The molecular formula is C48H77NO3. The topological polar surface area (TPSA) is 30.9 Å². The van der Waals surface area contributed by atoms with Gasteiger partial charge >= 0.3 is 0 Å². The lowest BCUT2D eigenvalue weighted by atomic mass is 9.64. The molecule has 0 spiro atoms. The van der Waals surface area contributed by atoms with Gasteiger partial charge < -0.3 is 14.2 Å². The van der Waals surface area contributed by atoms with Crippen molar-refractivity contribution >= 4 is 0 Å². The predicted molar refractivity (Wildman–Crippen MR) is 208 cm³/mol. The lowest BCUT2D eigenvalue weighted by molar-refractivity contribution is -0.105. The van der Waals surface area contributed by atoms with Gasteiger partial charge in [0.25, 0.3) is 0 Å². The van der Waals surface area contributed by atoms with Crippen LogP contribution >= 0.6 is 0 Å². The molecule has 8 aliphatic carbocycles. The van der Waals surface area contributed by atoms with Gasteiger partial charge in [-0.1, -0.05) is 64.2 Å². The van der Waals surface area contributed by atoms with Gasteiger partial charge in [0.05, 0.1) is 36.6 Å². The minimum atomic E-state index is 0.497. The molecule has 3 saturated heterocycles. The molecule has 11 aliphatic rings. The van der Waals surface area contributed by atoms with Crippen molar-refractivity contribution in [2.75, 3.05) is 0 Å². The third-order valence-corrected chi connectivity index (χ3v) is 19.5. The minimum Gasteiger partial charge on any atom is -0.374 e. The van der Waals surface area contributed by atoms with Crippen molar-refractivity contribution in [3.63, 3.8) is 0 Å². The number of fused-ring (bicyclic) bond motifs is 10. The van der Waals surface area contributed by atoms with Crippen molar-refractivity contribution in [2.24, 2.45) is 59.2 Å². The van der Waals surface area contributed by atoms with Gasteiger partial charge in [-0.3, -0.25) is 4.90 Å². The van der Waals surface area contributed by atoms with Crippen LogP contribution in [0.15, 0.2) is 0 Å². The van der Waals surface area contributed by atoms with Crippen molar-refractivity contribution in [3.8, 4) is 0 Å². The van der Waals surface area contributed by atoms with Crippen LogP contribution in [-0.2, 0) is 14.2 Å². The Balaban J connectivity index is 0.803. The van der Waals surface area contributed by atoms with Crippen LogP contribution in [0.3, 0.4) is 0 Å². The van der Waals surface area contributed by atoms with E-state index in [1.165, 1.54) is 186 Å². The first kappa shape index (κ1) is 35.0. The standard InChI is InChI=1S/C48H77NO3/c1-2-9-30(10-3-1)31-17-22-34(23-18-31)49(35-24-19-32(20-25-35)33-21-26-37-36-11-4-6-15-42(36)51-45(37)29-33)41-14-8-13-38-39-27-28-44-46(48(39)52-47(38)41)40-12-5-7-16-43(40)50-44/h30-48H,1-29H2. The maximum absolute atomic E-state index is 7.68. The molecule has 11 fully saturated rings. The van der Waals surface area contributed by atoms with E-state index in [4.69, 9.17) is 14.2 Å². The van der Waals surface area contributed by atoms with Crippen LogP contribution in [0.25, 0.3) is 0 Å². The molecule has 14 unspecified atom stereocenters. The highest BCUT2D eigenvalue weighted by Crippen LogP contribution is 2.58. The molecule has 52 heavy (non-hydrogen) atoms. The van der Waals surface area contributed by atoms with Crippen LogP contribution in [0.5, 0.6) is 0 Å². The van der Waals surface area contributed by atoms with Crippen LogP contribution in [0, 0.1) is 59.2 Å². The number of hydrogen-bond donors (Lipinski definition) is 0. The van der Waals surface area contributed by atoms with Crippen LogP contribution in [0.2, 0.25) is 0 Å². The molecule has 0 aromatic rings. The Morgan fingerprint density at radius 1 is 0.308 bits per heavy atom. The first-order valence-corrected chi connectivity index (χ1v) is 24.5. The summed E-state index contributed by atoms with van der Waals surface area (Å²) in [4.78, 5) is 3.30. The van der Waals surface area contributed by atoms with E-state index in [0.29, 0.717) is 48.6 Å². The quantitative estimate of drug-likeness (QED) is 0.284. The second-order valence-electron chi connectivity index (χ2n) is 21.6. The largest absolute Gasteiger partial charge is 0.374 e. The van der Waals surface area contributed by atoms with E-state index >= 15 is 0 Å². The Morgan fingerprint density at radius 3 is 1.62 bits per heavy atom. The normalized spacial score (nSPS) is 53.7. The lowest BCUT2D eigenvalue weighted by Gasteiger charge is -2.52. The van der Waals surface area contributed by atoms with E-state index < -0.39 is 0 Å². The maximum atomic E-state index is 7.68. The summed E-state index contributed by atoms with van der Waals surface area (Å²) < 4.78 is 21.4. The fraction of sp³-hybridized carbons (Fsp3) is 1.00. The summed E-state index contributed by atoms with van der Waals surface area (Å²) in [6.07, 6.45) is 45.4. The molecule has 3 heterocycles. The summed E-state index contributed by atoms with van der Waals surface area (Å²) in [7, 11) is 0. The number of nitrogens with zero attached hydrogens (tertiary/aromatic N) is 1. The molecule has 0 aromatic carbocycles. The van der Waals surface area contributed by atoms with Gasteiger partial charge in [-0.15, -0.1) is 0 Å². The highest BCUT2D eigenvalue weighted by Gasteiger charge is 2.61. The van der Waals surface area contributed by atoms with E-state index in [0.717, 1.165) is 65.3 Å². The third-order valence-electron chi connectivity index (χ3n) is 19.5. The monoisotopic (exact) mass is 716 g/mol. The van der Waals surface area contributed by atoms with Gasteiger partial charge in [-0.2, -0.15) is 0 Å². The Labute approximate surface area is 318 Å². The summed E-state index contributed by atoms with van der Waals surface area (Å²) in [6.45, 7) is 0. The number of hydrogen-bond acceptors (Lipinski definition) is 4. The van der Waals surface area contributed by atoms with Crippen LogP contribution in [-0.4, -0.2) is 59.6 Å². The smallest absolute Gasteiger partial charge is 0.0766 e. The molecular weight excluding hydrogens is 639 g/mol. The Morgan fingerprint density at radius 2 is 0.846 bits per heavy atom. The molecule has 8 saturated carbocycles. The van der Waals surface area contributed by atoms with Gasteiger partial charge in [0.15, 0.2) is 0 Å². The molecule has 4 nitrogen and oxygen atoms in total. The van der Waals surface area contributed by atoms with E-state index in [9.17, 15) is 0 Å². The lowest BCUT2D eigenvalue weighted by Crippen LogP contribution is -2.58. The van der Waals surface area contributed by atoms with Crippen molar-refractivity contribution in [2.45, 2.75) is 241 Å². The average Bonchev–Trinajstić information content (AvgIpc) is 3.90. The Bertz CT molecular complexity index is 1200. The zero-order chi connectivity index (χ0) is 34.2. The third kappa shape index (κ3) is 6.26. The molecule has 11 rings (SSSR count). The number of ether oxygens (including phenoxy) is 3. The van der Waals surface area contributed by atoms with Crippen molar-refractivity contribution < 1.29 is 14.2 Å². The molecule has 0 amide bonds. The molecule has 0 aromatic heterocycles. The summed E-state index contributed by atoms with van der Waals surface area (Å²) in [5.41, 5.74) is 0. The van der Waals surface area contributed by atoms with Crippen LogP contribution in [0.4, 0.5) is 0 Å². The molecule has 4 heteroatoms. The molecule has 0 bridgehead atoms. The van der Waals surface area contributed by atoms with Crippen LogP contribution in [0.1, 0.15) is 186 Å².